The van der Waals surface area contributed by atoms with Crippen LogP contribution < -0.4 is 19.5 Å². The fourth-order valence-electron chi connectivity index (χ4n) is 2.95. The Kier molecular flexibility index (Phi) is 6.94. The molecule has 0 atom stereocenters. The quantitative estimate of drug-likeness (QED) is 0.557. The Morgan fingerprint density at radius 2 is 1.55 bits per heavy atom. The minimum absolute atomic E-state index is 0.0161. The molecule has 31 heavy (non-hydrogen) atoms. The van der Waals surface area contributed by atoms with Gasteiger partial charge in [-0.05, 0) is 30.2 Å². The number of rotatable bonds is 8. The number of carbonyl (C=O) groups excluding carboxylic acids is 1. The standard InChI is InChI=1S/C23H24N2O5S/c1-16-9-10-21(31(27,28)24-15-17-7-5-4-6-8-17)14-22(16)23(26)25-18-11-19(29-2)13-20(12-18)30-3/h4-14,24H,15H2,1-3H3,(H,25,26). The average Bonchev–Trinajstić information content (AvgIpc) is 2.78. The summed E-state index contributed by atoms with van der Waals surface area (Å²) in [6, 6.07) is 18.7. The van der Waals surface area contributed by atoms with Crippen molar-refractivity contribution in [1.29, 1.82) is 0 Å². The van der Waals surface area contributed by atoms with Crippen LogP contribution in [0.1, 0.15) is 21.5 Å². The molecule has 0 spiro atoms. The van der Waals surface area contributed by atoms with E-state index in [2.05, 4.69) is 10.0 Å². The molecule has 3 aromatic rings. The van der Waals surface area contributed by atoms with Crippen molar-refractivity contribution in [3.05, 3.63) is 83.4 Å². The molecule has 0 heterocycles. The summed E-state index contributed by atoms with van der Waals surface area (Å²) in [6.45, 7) is 1.90. The van der Waals surface area contributed by atoms with E-state index in [1.165, 1.54) is 26.4 Å². The number of amides is 1. The zero-order valence-electron chi connectivity index (χ0n) is 17.5. The van der Waals surface area contributed by atoms with Crippen molar-refractivity contribution < 1.29 is 22.7 Å². The highest BCUT2D eigenvalue weighted by atomic mass is 32.2. The highest BCUT2D eigenvalue weighted by Crippen LogP contribution is 2.26. The number of methoxy groups -OCH3 is 2. The van der Waals surface area contributed by atoms with Gasteiger partial charge < -0.3 is 14.8 Å². The maximum Gasteiger partial charge on any atom is 0.255 e. The predicted octanol–water partition coefficient (Wildman–Crippen LogP) is 3.74. The van der Waals surface area contributed by atoms with Gasteiger partial charge in [-0.2, -0.15) is 0 Å². The fourth-order valence-corrected chi connectivity index (χ4v) is 3.99. The molecule has 3 rings (SSSR count). The molecule has 0 aromatic heterocycles. The number of ether oxygens (including phenoxy) is 2. The van der Waals surface area contributed by atoms with Gasteiger partial charge in [0.2, 0.25) is 10.0 Å². The Bertz CT molecular complexity index is 1160. The molecule has 0 fully saturated rings. The van der Waals surface area contributed by atoms with Crippen LogP contribution in [0.4, 0.5) is 5.69 Å². The number of nitrogens with one attached hydrogen (secondary N) is 2. The first-order chi connectivity index (χ1) is 14.8. The van der Waals surface area contributed by atoms with Gasteiger partial charge in [-0.3, -0.25) is 4.79 Å². The van der Waals surface area contributed by atoms with E-state index < -0.39 is 15.9 Å². The SMILES string of the molecule is COc1cc(NC(=O)c2cc(S(=O)(=O)NCc3ccccc3)ccc2C)cc(OC)c1. The van der Waals surface area contributed by atoms with Crippen molar-refractivity contribution >= 4 is 21.6 Å². The Morgan fingerprint density at radius 1 is 0.903 bits per heavy atom. The van der Waals surface area contributed by atoms with Crippen LogP contribution in [-0.2, 0) is 16.6 Å². The molecule has 0 aliphatic carbocycles. The molecule has 0 unspecified atom stereocenters. The number of sulfonamides is 1. The summed E-state index contributed by atoms with van der Waals surface area (Å²) >= 11 is 0. The van der Waals surface area contributed by atoms with E-state index in [4.69, 9.17) is 9.47 Å². The minimum Gasteiger partial charge on any atom is -0.497 e. The van der Waals surface area contributed by atoms with Crippen molar-refractivity contribution in [3.8, 4) is 11.5 Å². The molecule has 3 aromatic carbocycles. The van der Waals surface area contributed by atoms with E-state index in [0.717, 1.165) is 5.56 Å². The third-order valence-corrected chi connectivity index (χ3v) is 6.08. The molecule has 0 aliphatic rings. The van der Waals surface area contributed by atoms with Gasteiger partial charge in [-0.25, -0.2) is 13.1 Å². The summed E-state index contributed by atoms with van der Waals surface area (Å²) in [4.78, 5) is 12.9. The molecular formula is C23H24N2O5S. The Morgan fingerprint density at radius 3 is 2.16 bits per heavy atom. The summed E-state index contributed by atoms with van der Waals surface area (Å²) in [5.74, 6) is 0.605. The van der Waals surface area contributed by atoms with Gasteiger partial charge in [-0.1, -0.05) is 36.4 Å². The van der Waals surface area contributed by atoms with Crippen LogP contribution >= 0.6 is 0 Å². The van der Waals surface area contributed by atoms with E-state index in [1.807, 2.05) is 30.3 Å². The fraction of sp³-hybridized carbons (Fsp3) is 0.174. The van der Waals surface area contributed by atoms with Gasteiger partial charge in [0.25, 0.3) is 5.91 Å². The summed E-state index contributed by atoms with van der Waals surface area (Å²) in [5, 5.41) is 2.77. The van der Waals surface area contributed by atoms with E-state index in [1.54, 1.807) is 31.2 Å². The van der Waals surface area contributed by atoms with Gasteiger partial charge in [0.05, 0.1) is 19.1 Å². The number of aryl methyl sites for hydroxylation is 1. The second-order valence-electron chi connectivity index (χ2n) is 6.84. The zero-order chi connectivity index (χ0) is 22.4. The highest BCUT2D eigenvalue weighted by molar-refractivity contribution is 7.89. The van der Waals surface area contributed by atoms with Crippen molar-refractivity contribution in [2.45, 2.75) is 18.4 Å². The maximum atomic E-state index is 12.9. The summed E-state index contributed by atoms with van der Waals surface area (Å²) in [6.07, 6.45) is 0. The topological polar surface area (TPSA) is 93.7 Å². The molecule has 162 valence electrons. The summed E-state index contributed by atoms with van der Waals surface area (Å²) in [7, 11) is -0.765. The highest BCUT2D eigenvalue weighted by Gasteiger charge is 2.18. The van der Waals surface area contributed by atoms with Crippen molar-refractivity contribution in [1.82, 2.24) is 4.72 Å². The largest absolute Gasteiger partial charge is 0.497 e. The molecule has 0 saturated heterocycles. The van der Waals surface area contributed by atoms with Gasteiger partial charge in [-0.15, -0.1) is 0 Å². The summed E-state index contributed by atoms with van der Waals surface area (Å²) < 4.78 is 38.5. The smallest absolute Gasteiger partial charge is 0.255 e. The minimum atomic E-state index is -3.80. The molecule has 0 bridgehead atoms. The van der Waals surface area contributed by atoms with Gasteiger partial charge in [0.1, 0.15) is 11.5 Å². The van der Waals surface area contributed by atoms with Crippen LogP contribution in [0, 0.1) is 6.92 Å². The second kappa shape index (κ2) is 9.63. The second-order valence-corrected chi connectivity index (χ2v) is 8.61. The van der Waals surface area contributed by atoms with E-state index in [9.17, 15) is 13.2 Å². The Hall–Kier alpha value is -3.36. The molecule has 0 radical (unpaired) electrons. The van der Waals surface area contributed by atoms with Gasteiger partial charge in [0.15, 0.2) is 0 Å². The van der Waals surface area contributed by atoms with Crippen LogP contribution in [0.5, 0.6) is 11.5 Å². The van der Waals surface area contributed by atoms with Gasteiger partial charge in [0, 0.05) is 36.0 Å². The van der Waals surface area contributed by atoms with Crippen LogP contribution in [-0.4, -0.2) is 28.5 Å². The molecular weight excluding hydrogens is 416 g/mol. The molecule has 7 nitrogen and oxygen atoms in total. The number of hydrogen-bond donors (Lipinski definition) is 2. The molecule has 1 amide bonds. The van der Waals surface area contributed by atoms with Crippen molar-refractivity contribution in [2.75, 3.05) is 19.5 Å². The first-order valence-electron chi connectivity index (χ1n) is 9.51. The number of hydrogen-bond acceptors (Lipinski definition) is 5. The number of anilines is 1. The van der Waals surface area contributed by atoms with Crippen LogP contribution in [0.3, 0.4) is 0 Å². The molecule has 8 heteroatoms. The van der Waals surface area contributed by atoms with Crippen LogP contribution in [0.2, 0.25) is 0 Å². The lowest BCUT2D eigenvalue weighted by Gasteiger charge is -2.13. The lowest BCUT2D eigenvalue weighted by Crippen LogP contribution is -2.24. The number of benzene rings is 3. The first-order valence-corrected chi connectivity index (χ1v) is 11.0. The van der Waals surface area contributed by atoms with E-state index >= 15 is 0 Å². The maximum absolute atomic E-state index is 12.9. The lowest BCUT2D eigenvalue weighted by atomic mass is 10.1. The summed E-state index contributed by atoms with van der Waals surface area (Å²) in [5.41, 5.74) is 2.21. The van der Waals surface area contributed by atoms with Crippen molar-refractivity contribution in [3.63, 3.8) is 0 Å². The van der Waals surface area contributed by atoms with Crippen molar-refractivity contribution in [2.24, 2.45) is 0 Å². The molecule has 0 aliphatic heterocycles. The van der Waals surface area contributed by atoms with E-state index in [-0.39, 0.29) is 17.0 Å². The Labute approximate surface area is 182 Å². The first kappa shape index (κ1) is 22.3. The van der Waals surface area contributed by atoms with E-state index in [0.29, 0.717) is 22.7 Å². The molecule has 0 saturated carbocycles. The third-order valence-electron chi connectivity index (χ3n) is 4.68. The van der Waals surface area contributed by atoms with Crippen LogP contribution in [0.15, 0.2) is 71.6 Å². The predicted molar refractivity (Wildman–Crippen MR) is 119 cm³/mol. The van der Waals surface area contributed by atoms with Crippen LogP contribution in [0.25, 0.3) is 0 Å². The van der Waals surface area contributed by atoms with Gasteiger partial charge >= 0.3 is 0 Å². The average molecular weight is 441 g/mol. The zero-order valence-corrected chi connectivity index (χ0v) is 18.3. The lowest BCUT2D eigenvalue weighted by molar-refractivity contribution is 0.102. The Balaban J connectivity index is 1.82. The third kappa shape index (κ3) is 5.62. The number of carbonyl (C=O) groups is 1. The monoisotopic (exact) mass is 440 g/mol. The molecule has 2 N–H and O–H groups in total. The normalized spacial score (nSPS) is 11.1.